The Balaban J connectivity index is 2.19. The fourth-order valence-electron chi connectivity index (χ4n) is 2.52. The smallest absolute Gasteiger partial charge is 0.338 e. The fraction of sp³-hybridized carbons (Fsp3) is 0.500. The molecule has 2 N–H and O–H groups in total. The van der Waals surface area contributed by atoms with Gasteiger partial charge in [0.05, 0.1) is 17.1 Å². The molecule has 1 aromatic rings. The second-order valence-corrected chi connectivity index (χ2v) is 7.76. The van der Waals surface area contributed by atoms with Crippen molar-refractivity contribution in [3.05, 3.63) is 27.7 Å². The van der Waals surface area contributed by atoms with Gasteiger partial charge in [0.1, 0.15) is 0 Å². The minimum absolute atomic E-state index is 0.0651. The summed E-state index contributed by atoms with van der Waals surface area (Å²) < 4.78 is 28.9. The molecule has 0 amide bonds. The van der Waals surface area contributed by atoms with Gasteiger partial charge in [-0.3, -0.25) is 0 Å². The van der Waals surface area contributed by atoms with Crippen molar-refractivity contribution in [2.75, 3.05) is 6.61 Å². The van der Waals surface area contributed by atoms with Gasteiger partial charge < -0.3 is 4.74 Å². The number of rotatable bonds is 4. The average molecular weight is 376 g/mol. The third-order valence-electron chi connectivity index (χ3n) is 3.76. The Labute approximate surface area is 133 Å². The second kappa shape index (κ2) is 6.46. The molecule has 1 saturated carbocycles. The summed E-state index contributed by atoms with van der Waals surface area (Å²) in [6.45, 7) is 2.01. The van der Waals surface area contributed by atoms with Crippen LogP contribution in [0.2, 0.25) is 0 Å². The van der Waals surface area contributed by atoms with E-state index in [-0.39, 0.29) is 10.5 Å². The van der Waals surface area contributed by atoms with E-state index in [0.29, 0.717) is 22.6 Å². The fourth-order valence-corrected chi connectivity index (χ4v) is 3.94. The summed E-state index contributed by atoms with van der Waals surface area (Å²) in [5.74, 6) is -0.104. The molecule has 7 heteroatoms. The Hall–Kier alpha value is -0.920. The molecule has 0 aliphatic heterocycles. The number of benzene rings is 1. The van der Waals surface area contributed by atoms with Crippen molar-refractivity contribution >= 4 is 31.9 Å². The van der Waals surface area contributed by atoms with Crippen LogP contribution in [0.4, 0.5) is 0 Å². The van der Waals surface area contributed by atoms with Gasteiger partial charge in [0, 0.05) is 4.47 Å². The second-order valence-electron chi connectivity index (χ2n) is 5.38. The first-order valence-electron chi connectivity index (χ1n) is 6.79. The first-order chi connectivity index (χ1) is 9.79. The van der Waals surface area contributed by atoms with E-state index in [1.807, 2.05) is 0 Å². The lowest BCUT2D eigenvalue weighted by molar-refractivity contribution is 0.0442. The predicted octanol–water partition coefficient (Wildman–Crippen LogP) is 2.75. The highest BCUT2D eigenvalue weighted by atomic mass is 79.9. The zero-order chi connectivity index (χ0) is 15.6. The van der Waals surface area contributed by atoms with Gasteiger partial charge >= 0.3 is 5.97 Å². The van der Waals surface area contributed by atoms with E-state index in [0.717, 1.165) is 12.8 Å². The number of hydrogen-bond donors (Lipinski definition) is 1. The van der Waals surface area contributed by atoms with Crippen LogP contribution in [-0.4, -0.2) is 21.0 Å². The molecular formula is C14H18BrNO4S. The third-order valence-corrected chi connectivity index (χ3v) is 5.62. The van der Waals surface area contributed by atoms with Crippen LogP contribution in [0.25, 0.3) is 0 Å². The molecule has 0 spiro atoms. The van der Waals surface area contributed by atoms with Crippen molar-refractivity contribution in [2.24, 2.45) is 11.1 Å². The monoisotopic (exact) mass is 375 g/mol. The summed E-state index contributed by atoms with van der Waals surface area (Å²) in [4.78, 5) is 12.0. The predicted molar refractivity (Wildman–Crippen MR) is 82.5 cm³/mol. The Kier molecular flexibility index (Phi) is 5.06. The van der Waals surface area contributed by atoms with Gasteiger partial charge in [0.15, 0.2) is 0 Å². The number of halogens is 1. The molecular weight excluding hydrogens is 358 g/mol. The molecule has 0 bridgehead atoms. The van der Waals surface area contributed by atoms with E-state index >= 15 is 0 Å². The number of carbonyl (C=O) groups is 1. The molecule has 21 heavy (non-hydrogen) atoms. The molecule has 0 saturated heterocycles. The van der Waals surface area contributed by atoms with Crippen LogP contribution in [0.5, 0.6) is 0 Å². The van der Waals surface area contributed by atoms with Gasteiger partial charge in [-0.25, -0.2) is 18.4 Å². The van der Waals surface area contributed by atoms with E-state index in [4.69, 9.17) is 9.88 Å². The lowest BCUT2D eigenvalue weighted by atomic mass is 10.1. The number of primary sulfonamides is 1. The molecule has 0 heterocycles. The van der Waals surface area contributed by atoms with Crippen LogP contribution in [0.3, 0.4) is 0 Å². The summed E-state index contributed by atoms with van der Waals surface area (Å²) in [7, 11) is -3.88. The van der Waals surface area contributed by atoms with Crippen LogP contribution in [0.1, 0.15) is 41.6 Å². The van der Waals surface area contributed by atoms with Crippen molar-refractivity contribution in [3.63, 3.8) is 0 Å². The van der Waals surface area contributed by atoms with Gasteiger partial charge in [0.2, 0.25) is 10.0 Å². The van der Waals surface area contributed by atoms with Crippen molar-refractivity contribution < 1.29 is 17.9 Å². The van der Waals surface area contributed by atoms with Gasteiger partial charge in [-0.15, -0.1) is 0 Å². The lowest BCUT2D eigenvalue weighted by Crippen LogP contribution is -2.17. The maximum absolute atomic E-state index is 12.1. The largest absolute Gasteiger partial charge is 0.462 e. The number of esters is 1. The highest BCUT2D eigenvalue weighted by molar-refractivity contribution is 9.10. The highest BCUT2D eigenvalue weighted by Gasteiger charge is 2.21. The number of sulfonamides is 1. The quantitative estimate of drug-likeness (QED) is 0.819. The van der Waals surface area contributed by atoms with E-state index in [2.05, 4.69) is 15.9 Å². The molecule has 1 aromatic carbocycles. The van der Waals surface area contributed by atoms with Crippen molar-refractivity contribution in [1.82, 2.24) is 0 Å². The zero-order valence-corrected chi connectivity index (χ0v) is 14.2. The number of carbonyl (C=O) groups excluding carboxylic acids is 1. The Morgan fingerprint density at radius 3 is 2.57 bits per heavy atom. The summed E-state index contributed by atoms with van der Waals surface area (Å²) in [6.07, 6.45) is 4.50. The number of nitrogens with two attached hydrogens (primary N) is 1. The summed E-state index contributed by atoms with van der Waals surface area (Å²) >= 11 is 3.25. The molecule has 0 atom stereocenters. The maximum atomic E-state index is 12.1. The normalized spacial score (nSPS) is 16.1. The maximum Gasteiger partial charge on any atom is 0.338 e. The number of ether oxygens (including phenoxy) is 1. The SMILES string of the molecule is Cc1c(Br)cc(C(=O)OCC2CCCC2)cc1S(N)(=O)=O. The number of hydrogen-bond acceptors (Lipinski definition) is 4. The lowest BCUT2D eigenvalue weighted by Gasteiger charge is -2.12. The van der Waals surface area contributed by atoms with Crippen molar-refractivity contribution in [1.29, 1.82) is 0 Å². The van der Waals surface area contributed by atoms with E-state index < -0.39 is 16.0 Å². The molecule has 2 rings (SSSR count). The van der Waals surface area contributed by atoms with Crippen LogP contribution in [0.15, 0.2) is 21.5 Å². The minimum Gasteiger partial charge on any atom is -0.462 e. The van der Waals surface area contributed by atoms with Crippen LogP contribution < -0.4 is 5.14 Å². The molecule has 1 fully saturated rings. The van der Waals surface area contributed by atoms with Crippen LogP contribution in [0, 0.1) is 12.8 Å². The van der Waals surface area contributed by atoms with Gasteiger partial charge in [0.25, 0.3) is 0 Å². The molecule has 116 valence electrons. The molecule has 0 radical (unpaired) electrons. The molecule has 5 nitrogen and oxygen atoms in total. The minimum atomic E-state index is -3.88. The summed E-state index contributed by atoms with van der Waals surface area (Å²) in [5, 5.41) is 5.17. The zero-order valence-electron chi connectivity index (χ0n) is 11.8. The highest BCUT2D eigenvalue weighted by Crippen LogP contribution is 2.27. The average Bonchev–Trinajstić information content (AvgIpc) is 2.90. The van der Waals surface area contributed by atoms with Crippen molar-refractivity contribution in [2.45, 2.75) is 37.5 Å². The van der Waals surface area contributed by atoms with E-state index in [9.17, 15) is 13.2 Å². The third kappa shape index (κ3) is 4.05. The van der Waals surface area contributed by atoms with E-state index in [1.54, 1.807) is 13.0 Å². The first kappa shape index (κ1) is 16.5. The van der Waals surface area contributed by atoms with Crippen molar-refractivity contribution in [3.8, 4) is 0 Å². The molecule has 0 aromatic heterocycles. The molecule has 0 unspecified atom stereocenters. The van der Waals surface area contributed by atoms with E-state index in [1.165, 1.54) is 18.9 Å². The summed E-state index contributed by atoms with van der Waals surface area (Å²) in [5.41, 5.74) is 0.666. The standard InChI is InChI=1S/C14H18BrNO4S/c1-9-12(15)6-11(7-13(9)21(16,18)19)14(17)20-8-10-4-2-3-5-10/h6-7,10H,2-5,8H2,1H3,(H2,16,18,19). The first-order valence-corrected chi connectivity index (χ1v) is 9.13. The Bertz CT molecular complexity index is 651. The molecule has 1 aliphatic carbocycles. The summed E-state index contributed by atoms with van der Waals surface area (Å²) in [6, 6.07) is 2.83. The van der Waals surface area contributed by atoms with Crippen LogP contribution in [-0.2, 0) is 14.8 Å². The van der Waals surface area contributed by atoms with Gasteiger partial charge in [-0.2, -0.15) is 0 Å². The van der Waals surface area contributed by atoms with Gasteiger partial charge in [-0.1, -0.05) is 28.8 Å². The van der Waals surface area contributed by atoms with Gasteiger partial charge in [-0.05, 0) is 43.4 Å². The molecule has 1 aliphatic rings. The Morgan fingerprint density at radius 2 is 2.00 bits per heavy atom. The topological polar surface area (TPSA) is 86.5 Å². The Morgan fingerprint density at radius 1 is 1.38 bits per heavy atom. The van der Waals surface area contributed by atoms with Crippen LogP contribution >= 0.6 is 15.9 Å².